The molecule has 1 N–H and O–H groups in total. The number of nitrogens with zero attached hydrogens (tertiary/aromatic N) is 1. The first-order chi connectivity index (χ1) is 15.0. The number of anilines is 2. The van der Waals surface area contributed by atoms with Crippen molar-refractivity contribution in [2.75, 3.05) is 16.8 Å². The second-order valence-corrected chi connectivity index (χ2v) is 8.64. The standard InChI is InChI=1S/C25H24Cl2N2O2/c1-17-4-2-3-13-29(17)22-7-5-21(6-8-22)28-25(30)12-10-23-9-11-24(31-23)18-14-19(26)16-20(27)15-18/h5-12,14-17H,2-4,13H2,1H3,(H,28,30)/b12-10+. The molecule has 4 rings (SSSR count). The highest BCUT2D eigenvalue weighted by Crippen LogP contribution is 2.29. The van der Waals surface area contributed by atoms with Crippen LogP contribution in [0.4, 0.5) is 11.4 Å². The molecular weight excluding hydrogens is 431 g/mol. The van der Waals surface area contributed by atoms with Gasteiger partial charge < -0.3 is 14.6 Å². The van der Waals surface area contributed by atoms with Gasteiger partial charge in [0.1, 0.15) is 11.5 Å². The molecule has 4 nitrogen and oxygen atoms in total. The summed E-state index contributed by atoms with van der Waals surface area (Å²) in [7, 11) is 0. The molecule has 0 aliphatic carbocycles. The molecule has 2 heterocycles. The van der Waals surface area contributed by atoms with Crippen LogP contribution in [0.25, 0.3) is 17.4 Å². The SMILES string of the molecule is CC1CCCCN1c1ccc(NC(=O)/C=C/c2ccc(-c3cc(Cl)cc(Cl)c3)o2)cc1. The van der Waals surface area contributed by atoms with Crippen molar-refractivity contribution in [3.63, 3.8) is 0 Å². The summed E-state index contributed by atoms with van der Waals surface area (Å²) in [5.74, 6) is 0.977. The fourth-order valence-electron chi connectivity index (χ4n) is 3.85. The highest BCUT2D eigenvalue weighted by Gasteiger charge is 2.18. The van der Waals surface area contributed by atoms with Gasteiger partial charge in [-0.05, 0) is 86.9 Å². The number of rotatable bonds is 5. The zero-order valence-corrected chi connectivity index (χ0v) is 18.8. The minimum Gasteiger partial charge on any atom is -0.457 e. The maximum atomic E-state index is 12.3. The number of benzene rings is 2. The number of halogens is 2. The quantitative estimate of drug-likeness (QED) is 0.411. The molecule has 0 bridgehead atoms. The second-order valence-electron chi connectivity index (χ2n) is 7.77. The van der Waals surface area contributed by atoms with E-state index in [0.29, 0.717) is 27.6 Å². The minimum atomic E-state index is -0.220. The molecule has 1 atom stereocenters. The van der Waals surface area contributed by atoms with Crippen LogP contribution < -0.4 is 10.2 Å². The lowest BCUT2D eigenvalue weighted by Crippen LogP contribution is -2.37. The van der Waals surface area contributed by atoms with E-state index in [9.17, 15) is 4.79 Å². The number of hydrogen-bond acceptors (Lipinski definition) is 3. The predicted octanol–water partition coefficient (Wildman–Crippen LogP) is 7.28. The van der Waals surface area contributed by atoms with Gasteiger partial charge in [-0.3, -0.25) is 4.79 Å². The first-order valence-corrected chi connectivity index (χ1v) is 11.2. The van der Waals surface area contributed by atoms with Gasteiger partial charge in [-0.1, -0.05) is 23.2 Å². The van der Waals surface area contributed by atoms with Crippen molar-refractivity contribution in [3.8, 4) is 11.3 Å². The van der Waals surface area contributed by atoms with Crippen LogP contribution in [0.2, 0.25) is 10.0 Å². The third-order valence-corrected chi connectivity index (χ3v) is 5.88. The van der Waals surface area contributed by atoms with E-state index < -0.39 is 0 Å². The van der Waals surface area contributed by atoms with Crippen LogP contribution in [0.3, 0.4) is 0 Å². The summed E-state index contributed by atoms with van der Waals surface area (Å²) in [6.45, 7) is 3.35. The maximum Gasteiger partial charge on any atom is 0.248 e. The van der Waals surface area contributed by atoms with Crippen molar-refractivity contribution in [2.24, 2.45) is 0 Å². The summed E-state index contributed by atoms with van der Waals surface area (Å²) in [5, 5.41) is 3.96. The number of amides is 1. The summed E-state index contributed by atoms with van der Waals surface area (Å²) in [5.41, 5.74) is 2.74. The maximum absolute atomic E-state index is 12.3. The van der Waals surface area contributed by atoms with Gasteiger partial charge in [0.15, 0.2) is 0 Å². The molecule has 31 heavy (non-hydrogen) atoms. The van der Waals surface area contributed by atoms with E-state index in [2.05, 4.69) is 29.3 Å². The van der Waals surface area contributed by atoms with Gasteiger partial charge in [0.2, 0.25) is 5.91 Å². The molecule has 2 aromatic carbocycles. The normalized spacial score (nSPS) is 16.6. The average molecular weight is 455 g/mol. The van der Waals surface area contributed by atoms with Gasteiger partial charge in [0.05, 0.1) is 0 Å². The van der Waals surface area contributed by atoms with Gasteiger partial charge in [-0.2, -0.15) is 0 Å². The highest BCUT2D eigenvalue weighted by atomic mass is 35.5. The van der Waals surface area contributed by atoms with Crippen LogP contribution in [0.15, 0.2) is 65.1 Å². The van der Waals surface area contributed by atoms with Crippen molar-refractivity contribution in [1.29, 1.82) is 0 Å². The number of carbonyl (C=O) groups excluding carboxylic acids is 1. The fourth-order valence-corrected chi connectivity index (χ4v) is 4.38. The van der Waals surface area contributed by atoms with E-state index in [1.54, 1.807) is 30.3 Å². The van der Waals surface area contributed by atoms with Crippen LogP contribution >= 0.6 is 23.2 Å². The third-order valence-electron chi connectivity index (χ3n) is 5.44. The van der Waals surface area contributed by atoms with E-state index in [4.69, 9.17) is 27.6 Å². The molecule has 3 aromatic rings. The van der Waals surface area contributed by atoms with Crippen molar-refractivity contribution in [1.82, 2.24) is 0 Å². The lowest BCUT2D eigenvalue weighted by molar-refractivity contribution is -0.111. The Hall–Kier alpha value is -2.69. The van der Waals surface area contributed by atoms with Crippen LogP contribution in [0.1, 0.15) is 31.9 Å². The number of piperidine rings is 1. The smallest absolute Gasteiger partial charge is 0.248 e. The molecule has 6 heteroatoms. The zero-order chi connectivity index (χ0) is 21.8. The van der Waals surface area contributed by atoms with Crippen molar-refractivity contribution in [3.05, 3.63) is 76.5 Å². The molecule has 1 unspecified atom stereocenters. The van der Waals surface area contributed by atoms with Crippen LogP contribution in [0.5, 0.6) is 0 Å². The summed E-state index contributed by atoms with van der Waals surface area (Å²) in [6.07, 6.45) is 6.83. The van der Waals surface area contributed by atoms with Crippen LogP contribution in [-0.4, -0.2) is 18.5 Å². The van der Waals surface area contributed by atoms with Crippen LogP contribution in [0, 0.1) is 0 Å². The van der Waals surface area contributed by atoms with E-state index in [0.717, 1.165) is 17.8 Å². The highest BCUT2D eigenvalue weighted by molar-refractivity contribution is 6.35. The van der Waals surface area contributed by atoms with Gasteiger partial charge in [-0.25, -0.2) is 0 Å². The van der Waals surface area contributed by atoms with Crippen molar-refractivity contribution in [2.45, 2.75) is 32.2 Å². The first kappa shape index (κ1) is 21.5. The van der Waals surface area contributed by atoms with Crippen molar-refractivity contribution < 1.29 is 9.21 Å². The molecule has 1 fully saturated rings. The Morgan fingerprint density at radius 1 is 1.06 bits per heavy atom. The van der Waals surface area contributed by atoms with E-state index in [-0.39, 0.29) is 5.91 Å². The molecule has 0 saturated carbocycles. The van der Waals surface area contributed by atoms with Gasteiger partial charge >= 0.3 is 0 Å². The molecule has 1 aliphatic rings. The largest absolute Gasteiger partial charge is 0.457 e. The fraction of sp³-hybridized carbons (Fsp3) is 0.240. The Kier molecular flexibility index (Phi) is 6.69. The first-order valence-electron chi connectivity index (χ1n) is 10.4. The molecule has 1 aliphatic heterocycles. The molecule has 0 radical (unpaired) electrons. The zero-order valence-electron chi connectivity index (χ0n) is 17.3. The third kappa shape index (κ3) is 5.52. The van der Waals surface area contributed by atoms with Crippen LogP contribution in [-0.2, 0) is 4.79 Å². The second kappa shape index (κ2) is 9.63. The Balaban J connectivity index is 1.37. The summed E-state index contributed by atoms with van der Waals surface area (Å²) in [6, 6.07) is 17.4. The monoisotopic (exact) mass is 454 g/mol. The van der Waals surface area contributed by atoms with Gasteiger partial charge in [0.25, 0.3) is 0 Å². The molecule has 160 valence electrons. The van der Waals surface area contributed by atoms with E-state index >= 15 is 0 Å². The van der Waals surface area contributed by atoms with Gasteiger partial charge in [0, 0.05) is 45.6 Å². The Morgan fingerprint density at radius 3 is 2.52 bits per heavy atom. The van der Waals surface area contributed by atoms with E-state index in [1.807, 2.05) is 18.2 Å². The summed E-state index contributed by atoms with van der Waals surface area (Å²) in [4.78, 5) is 14.7. The Bertz CT molecular complexity index is 1070. The topological polar surface area (TPSA) is 45.5 Å². The molecule has 1 amide bonds. The predicted molar refractivity (Wildman–Crippen MR) is 129 cm³/mol. The lowest BCUT2D eigenvalue weighted by atomic mass is 10.0. The molecule has 1 aromatic heterocycles. The number of carbonyl (C=O) groups is 1. The lowest BCUT2D eigenvalue weighted by Gasteiger charge is -2.35. The number of hydrogen-bond donors (Lipinski definition) is 1. The Morgan fingerprint density at radius 2 is 1.81 bits per heavy atom. The number of furan rings is 1. The summed E-state index contributed by atoms with van der Waals surface area (Å²) >= 11 is 12.1. The summed E-state index contributed by atoms with van der Waals surface area (Å²) < 4.78 is 5.78. The average Bonchev–Trinajstić information content (AvgIpc) is 3.22. The molecular formula is C25H24Cl2N2O2. The van der Waals surface area contributed by atoms with Crippen molar-refractivity contribution >= 4 is 46.6 Å². The minimum absolute atomic E-state index is 0.220. The molecule has 1 saturated heterocycles. The molecule has 0 spiro atoms. The van der Waals surface area contributed by atoms with Gasteiger partial charge in [-0.15, -0.1) is 0 Å². The van der Waals surface area contributed by atoms with E-state index in [1.165, 1.54) is 31.0 Å². The Labute approximate surface area is 192 Å². The number of nitrogens with one attached hydrogen (secondary N) is 1.